The summed E-state index contributed by atoms with van der Waals surface area (Å²) >= 11 is 0. The van der Waals surface area contributed by atoms with Gasteiger partial charge < -0.3 is 15.2 Å². The maximum absolute atomic E-state index is 13.7. The summed E-state index contributed by atoms with van der Waals surface area (Å²) in [4.78, 5) is 23.1. The smallest absolute Gasteiger partial charge is 0.337 e. The summed E-state index contributed by atoms with van der Waals surface area (Å²) in [5.74, 6) is -2.16. The first-order valence-electron chi connectivity index (χ1n) is 6.00. The molecule has 0 spiro atoms. The van der Waals surface area contributed by atoms with Crippen LogP contribution in [0.1, 0.15) is 20.7 Å². The van der Waals surface area contributed by atoms with Crippen molar-refractivity contribution < 1.29 is 23.8 Å². The van der Waals surface area contributed by atoms with Crippen molar-refractivity contribution in [1.82, 2.24) is 0 Å². The van der Waals surface area contributed by atoms with Crippen molar-refractivity contribution in [3.05, 3.63) is 59.4 Å². The van der Waals surface area contributed by atoms with E-state index in [-0.39, 0.29) is 16.8 Å². The van der Waals surface area contributed by atoms with Crippen LogP contribution in [0.3, 0.4) is 0 Å². The van der Waals surface area contributed by atoms with Gasteiger partial charge in [-0.05, 0) is 36.4 Å². The second kappa shape index (κ2) is 6.04. The highest BCUT2D eigenvalue weighted by Crippen LogP contribution is 2.21. The van der Waals surface area contributed by atoms with Gasteiger partial charge in [0, 0.05) is 5.56 Å². The van der Waals surface area contributed by atoms with Crippen LogP contribution >= 0.6 is 0 Å². The zero-order valence-electron chi connectivity index (χ0n) is 11.1. The van der Waals surface area contributed by atoms with Crippen molar-refractivity contribution in [2.75, 3.05) is 12.4 Å². The van der Waals surface area contributed by atoms with Crippen LogP contribution in [-0.4, -0.2) is 24.1 Å². The van der Waals surface area contributed by atoms with Crippen molar-refractivity contribution in [2.45, 2.75) is 0 Å². The largest absolute Gasteiger partial charge is 0.497 e. The molecule has 0 radical (unpaired) electrons. The lowest BCUT2D eigenvalue weighted by Crippen LogP contribution is -2.16. The fourth-order valence-corrected chi connectivity index (χ4v) is 1.76. The second-order valence-corrected chi connectivity index (χ2v) is 4.15. The van der Waals surface area contributed by atoms with Gasteiger partial charge in [0.2, 0.25) is 0 Å². The first-order valence-corrected chi connectivity index (χ1v) is 6.00. The Labute approximate surface area is 120 Å². The van der Waals surface area contributed by atoms with Crippen molar-refractivity contribution in [3.8, 4) is 5.75 Å². The maximum Gasteiger partial charge on any atom is 0.337 e. The van der Waals surface area contributed by atoms with E-state index in [1.54, 1.807) is 12.1 Å². The molecular weight excluding hydrogens is 277 g/mol. The van der Waals surface area contributed by atoms with E-state index >= 15 is 0 Å². The monoisotopic (exact) mass is 289 g/mol. The van der Waals surface area contributed by atoms with Gasteiger partial charge in [0.25, 0.3) is 5.91 Å². The number of carboxylic acid groups (broad SMARTS) is 1. The number of anilines is 1. The summed E-state index contributed by atoms with van der Waals surface area (Å²) in [6.07, 6.45) is 0. The number of aromatic carboxylic acids is 1. The Bertz CT molecular complexity index is 683. The lowest BCUT2D eigenvalue weighted by molar-refractivity contribution is 0.0697. The van der Waals surface area contributed by atoms with Crippen LogP contribution < -0.4 is 10.1 Å². The highest BCUT2D eigenvalue weighted by atomic mass is 19.1. The minimum absolute atomic E-state index is 0.260. The Morgan fingerprint density at radius 1 is 1.14 bits per heavy atom. The van der Waals surface area contributed by atoms with Gasteiger partial charge in [-0.2, -0.15) is 0 Å². The standard InChI is InChI=1S/C15H12FNO4/c1-21-10-7-5-9(6-8-10)14(18)17-13-11(15(19)20)3-2-4-12(13)16/h2-8H,1H3,(H,17,18)(H,19,20). The molecular formula is C15H12FNO4. The molecule has 0 saturated heterocycles. The number of hydrogen-bond acceptors (Lipinski definition) is 3. The molecule has 5 nitrogen and oxygen atoms in total. The van der Waals surface area contributed by atoms with Gasteiger partial charge in [0.1, 0.15) is 11.6 Å². The van der Waals surface area contributed by atoms with Crippen molar-refractivity contribution >= 4 is 17.6 Å². The van der Waals surface area contributed by atoms with E-state index in [4.69, 9.17) is 9.84 Å². The average molecular weight is 289 g/mol. The first kappa shape index (κ1) is 14.5. The van der Waals surface area contributed by atoms with Gasteiger partial charge in [0.15, 0.2) is 0 Å². The lowest BCUT2D eigenvalue weighted by Gasteiger charge is -2.10. The summed E-state index contributed by atoms with van der Waals surface area (Å²) in [5, 5.41) is 11.3. The molecule has 6 heteroatoms. The number of ether oxygens (including phenoxy) is 1. The third-order valence-electron chi connectivity index (χ3n) is 2.83. The topological polar surface area (TPSA) is 75.6 Å². The molecule has 2 aromatic rings. The second-order valence-electron chi connectivity index (χ2n) is 4.15. The van der Waals surface area contributed by atoms with E-state index < -0.39 is 17.7 Å². The van der Waals surface area contributed by atoms with Crippen LogP contribution in [0.4, 0.5) is 10.1 Å². The molecule has 1 amide bonds. The Balaban J connectivity index is 2.29. The normalized spacial score (nSPS) is 10.0. The minimum Gasteiger partial charge on any atom is -0.497 e. The number of carboxylic acids is 1. The molecule has 0 saturated carbocycles. The summed E-state index contributed by atoms with van der Waals surface area (Å²) in [6, 6.07) is 9.71. The van der Waals surface area contributed by atoms with E-state index in [2.05, 4.69) is 5.32 Å². The van der Waals surface area contributed by atoms with Gasteiger partial charge in [-0.25, -0.2) is 9.18 Å². The lowest BCUT2D eigenvalue weighted by atomic mass is 10.1. The third kappa shape index (κ3) is 3.17. The zero-order valence-corrected chi connectivity index (χ0v) is 11.1. The Morgan fingerprint density at radius 3 is 2.38 bits per heavy atom. The summed E-state index contributed by atoms with van der Waals surface area (Å²) in [6.45, 7) is 0. The fraction of sp³-hybridized carbons (Fsp3) is 0.0667. The molecule has 0 heterocycles. The highest BCUT2D eigenvalue weighted by molar-refractivity contribution is 6.07. The van der Waals surface area contributed by atoms with Gasteiger partial charge in [-0.15, -0.1) is 0 Å². The van der Waals surface area contributed by atoms with Crippen LogP contribution in [0.25, 0.3) is 0 Å². The van der Waals surface area contributed by atoms with E-state index in [1.165, 1.54) is 31.4 Å². The number of halogens is 1. The average Bonchev–Trinajstić information content (AvgIpc) is 2.49. The first-order chi connectivity index (χ1) is 10.0. The molecule has 0 atom stereocenters. The molecule has 0 aliphatic rings. The fourth-order valence-electron chi connectivity index (χ4n) is 1.76. The van der Waals surface area contributed by atoms with Crippen LogP contribution in [0.15, 0.2) is 42.5 Å². The molecule has 2 N–H and O–H groups in total. The summed E-state index contributed by atoms with van der Waals surface area (Å²) < 4.78 is 18.7. The van der Waals surface area contributed by atoms with Crippen LogP contribution in [0.5, 0.6) is 5.75 Å². The van der Waals surface area contributed by atoms with Crippen LogP contribution in [0.2, 0.25) is 0 Å². The number of carbonyl (C=O) groups is 2. The third-order valence-corrected chi connectivity index (χ3v) is 2.83. The molecule has 21 heavy (non-hydrogen) atoms. The maximum atomic E-state index is 13.7. The summed E-state index contributed by atoms with van der Waals surface area (Å²) in [5.41, 5.74) is -0.405. The molecule has 0 bridgehead atoms. The molecule has 108 valence electrons. The zero-order chi connectivity index (χ0) is 15.4. The van der Waals surface area contributed by atoms with Gasteiger partial charge in [0.05, 0.1) is 18.4 Å². The number of methoxy groups -OCH3 is 1. The van der Waals surface area contributed by atoms with E-state index in [1.807, 2.05) is 0 Å². The van der Waals surface area contributed by atoms with Gasteiger partial charge in [-0.1, -0.05) is 6.07 Å². The van der Waals surface area contributed by atoms with Crippen molar-refractivity contribution in [3.63, 3.8) is 0 Å². The Hall–Kier alpha value is -2.89. The number of hydrogen-bond donors (Lipinski definition) is 2. The Morgan fingerprint density at radius 2 is 1.81 bits per heavy atom. The minimum atomic E-state index is -1.32. The van der Waals surface area contributed by atoms with Gasteiger partial charge in [-0.3, -0.25) is 4.79 Å². The Kier molecular flexibility index (Phi) is 4.18. The quantitative estimate of drug-likeness (QED) is 0.907. The molecule has 2 aromatic carbocycles. The number of amides is 1. The van der Waals surface area contributed by atoms with Crippen molar-refractivity contribution in [2.24, 2.45) is 0 Å². The SMILES string of the molecule is COc1ccc(C(=O)Nc2c(F)cccc2C(=O)O)cc1. The summed E-state index contributed by atoms with van der Waals surface area (Å²) in [7, 11) is 1.49. The predicted octanol–water partition coefficient (Wildman–Crippen LogP) is 2.78. The number of nitrogens with one attached hydrogen (secondary N) is 1. The van der Waals surface area contributed by atoms with Crippen LogP contribution in [0, 0.1) is 5.82 Å². The number of para-hydroxylation sites is 1. The molecule has 0 aromatic heterocycles. The van der Waals surface area contributed by atoms with E-state index in [9.17, 15) is 14.0 Å². The van der Waals surface area contributed by atoms with Gasteiger partial charge >= 0.3 is 5.97 Å². The number of rotatable bonds is 4. The molecule has 0 aliphatic carbocycles. The molecule has 0 aliphatic heterocycles. The number of carbonyl (C=O) groups excluding carboxylic acids is 1. The highest BCUT2D eigenvalue weighted by Gasteiger charge is 2.17. The van der Waals surface area contributed by atoms with Crippen LogP contribution in [-0.2, 0) is 0 Å². The molecule has 0 unspecified atom stereocenters. The van der Waals surface area contributed by atoms with E-state index in [0.29, 0.717) is 5.75 Å². The molecule has 0 fully saturated rings. The van der Waals surface area contributed by atoms with E-state index in [0.717, 1.165) is 6.07 Å². The number of benzene rings is 2. The predicted molar refractivity (Wildman–Crippen MR) is 74.3 cm³/mol. The van der Waals surface area contributed by atoms with Crippen molar-refractivity contribution in [1.29, 1.82) is 0 Å². The molecule has 2 rings (SSSR count).